The van der Waals surface area contributed by atoms with Crippen LogP contribution in [0.4, 0.5) is 0 Å². The second kappa shape index (κ2) is 6.42. The molecule has 19 heavy (non-hydrogen) atoms. The minimum atomic E-state index is -0.619. The molecule has 0 aromatic heterocycles. The lowest BCUT2D eigenvalue weighted by atomic mass is 10.1. The highest BCUT2D eigenvalue weighted by atomic mass is 35.5. The quantitative estimate of drug-likeness (QED) is 0.867. The van der Waals surface area contributed by atoms with Crippen LogP contribution < -0.4 is 0 Å². The summed E-state index contributed by atoms with van der Waals surface area (Å²) in [5.41, 5.74) is -0.0134. The zero-order valence-corrected chi connectivity index (χ0v) is 12.7. The van der Waals surface area contributed by atoms with Gasteiger partial charge in [-0.1, -0.05) is 29.3 Å². The van der Waals surface area contributed by atoms with Gasteiger partial charge in [0.1, 0.15) is 0 Å². The molecule has 0 heterocycles. The Labute approximate surface area is 123 Å². The summed E-state index contributed by atoms with van der Waals surface area (Å²) in [6.07, 6.45) is 2.97. The zero-order chi connectivity index (χ0) is 14.6. The van der Waals surface area contributed by atoms with E-state index in [0.29, 0.717) is 15.6 Å². The van der Waals surface area contributed by atoms with E-state index in [9.17, 15) is 9.90 Å². The number of carbonyl (C=O) groups is 1. The van der Waals surface area contributed by atoms with E-state index in [1.165, 1.54) is 11.0 Å². The largest absolute Gasteiger partial charge is 0.394 e. The van der Waals surface area contributed by atoms with Crippen molar-refractivity contribution in [3.05, 3.63) is 39.9 Å². The Kier molecular flexibility index (Phi) is 5.41. The van der Waals surface area contributed by atoms with Gasteiger partial charge in [0.2, 0.25) is 5.91 Å². The van der Waals surface area contributed by atoms with Crippen molar-refractivity contribution in [2.24, 2.45) is 0 Å². The molecule has 0 saturated carbocycles. The molecule has 5 heteroatoms. The molecule has 1 N–H and O–H groups in total. The fraction of sp³-hybridized carbons (Fsp3) is 0.357. The Morgan fingerprint density at radius 2 is 1.89 bits per heavy atom. The van der Waals surface area contributed by atoms with E-state index in [1.807, 2.05) is 0 Å². The first kappa shape index (κ1) is 16.0. The fourth-order valence-corrected chi connectivity index (χ4v) is 1.86. The minimum Gasteiger partial charge on any atom is -0.394 e. The van der Waals surface area contributed by atoms with Crippen LogP contribution in [0.2, 0.25) is 10.0 Å². The number of amides is 1. The molecule has 0 aliphatic rings. The molecule has 0 unspecified atom stereocenters. The van der Waals surface area contributed by atoms with Crippen molar-refractivity contribution in [1.82, 2.24) is 4.90 Å². The van der Waals surface area contributed by atoms with E-state index < -0.39 is 5.54 Å². The molecule has 1 aromatic rings. The van der Waals surface area contributed by atoms with E-state index in [-0.39, 0.29) is 12.5 Å². The molecule has 0 bridgehead atoms. The molecule has 0 aliphatic heterocycles. The maximum absolute atomic E-state index is 12.0. The van der Waals surface area contributed by atoms with Gasteiger partial charge in [-0.3, -0.25) is 4.79 Å². The van der Waals surface area contributed by atoms with E-state index >= 15 is 0 Å². The van der Waals surface area contributed by atoms with Crippen LogP contribution in [0, 0.1) is 0 Å². The molecule has 104 valence electrons. The van der Waals surface area contributed by atoms with Gasteiger partial charge in [0.15, 0.2) is 0 Å². The highest BCUT2D eigenvalue weighted by Gasteiger charge is 2.25. The van der Waals surface area contributed by atoms with Crippen LogP contribution in [0.3, 0.4) is 0 Å². The fourth-order valence-electron chi connectivity index (χ4n) is 1.34. The van der Waals surface area contributed by atoms with Crippen LogP contribution in [-0.2, 0) is 4.79 Å². The first-order valence-corrected chi connectivity index (χ1v) is 6.56. The zero-order valence-electron chi connectivity index (χ0n) is 11.2. The summed E-state index contributed by atoms with van der Waals surface area (Å²) in [5.74, 6) is -0.227. The Hall–Kier alpha value is -1.03. The van der Waals surface area contributed by atoms with Gasteiger partial charge in [-0.15, -0.1) is 0 Å². The van der Waals surface area contributed by atoms with Gasteiger partial charge in [-0.05, 0) is 32.1 Å². The lowest BCUT2D eigenvalue weighted by Gasteiger charge is -2.33. The number of halogens is 2. The summed E-state index contributed by atoms with van der Waals surface area (Å²) < 4.78 is 0. The van der Waals surface area contributed by atoms with Crippen LogP contribution in [0.25, 0.3) is 6.08 Å². The predicted octanol–water partition coefficient (Wildman–Crippen LogP) is 3.24. The lowest BCUT2D eigenvalue weighted by Crippen LogP contribution is -2.47. The summed E-state index contributed by atoms with van der Waals surface area (Å²) in [7, 11) is 1.64. The van der Waals surface area contributed by atoms with Gasteiger partial charge in [0.05, 0.1) is 12.1 Å². The van der Waals surface area contributed by atoms with Crippen LogP contribution in [-0.4, -0.2) is 35.1 Å². The van der Waals surface area contributed by atoms with Crippen LogP contribution in [0.5, 0.6) is 0 Å². The lowest BCUT2D eigenvalue weighted by molar-refractivity contribution is -0.130. The molecule has 0 aliphatic carbocycles. The Balaban J connectivity index is 2.91. The average molecular weight is 302 g/mol. The van der Waals surface area contributed by atoms with E-state index in [2.05, 4.69) is 0 Å². The van der Waals surface area contributed by atoms with Crippen molar-refractivity contribution in [3.8, 4) is 0 Å². The van der Waals surface area contributed by atoms with Gasteiger partial charge >= 0.3 is 0 Å². The Morgan fingerprint density at radius 3 is 2.37 bits per heavy atom. The standard InChI is InChI=1S/C14H17Cl2NO2/c1-14(2,9-18)17(3)13(19)8-7-10-11(15)5-4-6-12(10)16/h4-8,18H,9H2,1-3H3/b8-7+. The summed E-state index contributed by atoms with van der Waals surface area (Å²) >= 11 is 12.0. The molecule has 1 amide bonds. The molecule has 0 saturated heterocycles. The molecule has 1 aromatic carbocycles. The first-order chi connectivity index (χ1) is 8.79. The monoisotopic (exact) mass is 301 g/mol. The van der Waals surface area contributed by atoms with Gasteiger partial charge in [0, 0.05) is 28.7 Å². The summed E-state index contributed by atoms with van der Waals surface area (Å²) in [4.78, 5) is 13.5. The molecule has 1 rings (SSSR count). The molecular formula is C14H17Cl2NO2. The number of aliphatic hydroxyl groups is 1. The maximum atomic E-state index is 12.0. The van der Waals surface area contributed by atoms with Crippen molar-refractivity contribution < 1.29 is 9.90 Å². The summed E-state index contributed by atoms with van der Waals surface area (Å²) in [5, 5.41) is 10.2. The predicted molar refractivity (Wildman–Crippen MR) is 79.4 cm³/mol. The topological polar surface area (TPSA) is 40.5 Å². The normalized spacial score (nSPS) is 11.9. The number of likely N-dealkylation sites (N-methyl/N-ethyl adjacent to an activating group) is 1. The average Bonchev–Trinajstić information content (AvgIpc) is 2.37. The highest BCUT2D eigenvalue weighted by molar-refractivity contribution is 6.37. The molecule has 0 fully saturated rings. The molecule has 0 radical (unpaired) electrons. The van der Waals surface area contributed by atoms with Crippen LogP contribution in [0.15, 0.2) is 24.3 Å². The van der Waals surface area contributed by atoms with Gasteiger partial charge < -0.3 is 10.0 Å². The Morgan fingerprint density at radius 1 is 1.37 bits per heavy atom. The van der Waals surface area contributed by atoms with Gasteiger partial charge in [-0.2, -0.15) is 0 Å². The summed E-state index contributed by atoms with van der Waals surface area (Å²) in [6, 6.07) is 5.16. The number of aliphatic hydroxyl groups excluding tert-OH is 1. The first-order valence-electron chi connectivity index (χ1n) is 5.80. The number of rotatable bonds is 4. The van der Waals surface area contributed by atoms with Crippen molar-refractivity contribution in [2.75, 3.05) is 13.7 Å². The van der Waals surface area contributed by atoms with E-state index in [1.54, 1.807) is 45.2 Å². The van der Waals surface area contributed by atoms with Crippen molar-refractivity contribution in [2.45, 2.75) is 19.4 Å². The van der Waals surface area contributed by atoms with Crippen LogP contribution in [0.1, 0.15) is 19.4 Å². The van der Waals surface area contributed by atoms with Crippen molar-refractivity contribution in [1.29, 1.82) is 0 Å². The van der Waals surface area contributed by atoms with E-state index in [4.69, 9.17) is 23.2 Å². The second-order valence-electron chi connectivity index (χ2n) is 4.84. The Bertz CT molecular complexity index is 478. The van der Waals surface area contributed by atoms with Gasteiger partial charge in [0.25, 0.3) is 0 Å². The number of hydrogen-bond donors (Lipinski definition) is 1. The molecular weight excluding hydrogens is 285 g/mol. The number of carbonyl (C=O) groups excluding carboxylic acids is 1. The third-order valence-corrected chi connectivity index (χ3v) is 3.68. The SMILES string of the molecule is CN(C(=O)/C=C/c1c(Cl)cccc1Cl)C(C)(C)CO. The number of hydrogen-bond acceptors (Lipinski definition) is 2. The molecule has 0 spiro atoms. The van der Waals surface area contributed by atoms with Crippen molar-refractivity contribution in [3.63, 3.8) is 0 Å². The molecule has 0 atom stereocenters. The van der Waals surface area contributed by atoms with Gasteiger partial charge in [-0.25, -0.2) is 0 Å². The minimum absolute atomic E-state index is 0.115. The summed E-state index contributed by atoms with van der Waals surface area (Å²) in [6.45, 7) is 3.44. The van der Waals surface area contributed by atoms with Crippen LogP contribution >= 0.6 is 23.2 Å². The number of benzene rings is 1. The third kappa shape index (κ3) is 3.96. The third-order valence-electron chi connectivity index (χ3n) is 3.02. The maximum Gasteiger partial charge on any atom is 0.246 e. The van der Waals surface area contributed by atoms with E-state index in [0.717, 1.165) is 0 Å². The number of nitrogens with zero attached hydrogens (tertiary/aromatic N) is 1. The van der Waals surface area contributed by atoms with Crippen molar-refractivity contribution >= 4 is 35.2 Å². The molecule has 3 nitrogen and oxygen atoms in total. The highest BCUT2D eigenvalue weighted by Crippen LogP contribution is 2.25. The second-order valence-corrected chi connectivity index (χ2v) is 5.65. The smallest absolute Gasteiger partial charge is 0.246 e.